The highest BCUT2D eigenvalue weighted by Gasteiger charge is 2.18. The van der Waals surface area contributed by atoms with Gasteiger partial charge in [0.1, 0.15) is 11.3 Å². The lowest BCUT2D eigenvalue weighted by Crippen LogP contribution is -2.42. The summed E-state index contributed by atoms with van der Waals surface area (Å²) in [5.74, 6) is -0.943. The number of aromatic nitrogens is 2. The van der Waals surface area contributed by atoms with Gasteiger partial charge in [0.2, 0.25) is 0 Å². The largest absolute Gasteiger partial charge is 0.451 e. The van der Waals surface area contributed by atoms with Gasteiger partial charge in [-0.05, 0) is 13.0 Å². The molecule has 0 aliphatic rings. The zero-order chi connectivity index (χ0) is 15.5. The molecule has 0 aliphatic heterocycles. The minimum atomic E-state index is -0.560. The summed E-state index contributed by atoms with van der Waals surface area (Å²) in [6, 6.07) is 7.32. The van der Waals surface area contributed by atoms with Gasteiger partial charge in [-0.3, -0.25) is 25.4 Å². The number of hydrogen-bond donors (Lipinski definition) is 2. The van der Waals surface area contributed by atoms with Crippen molar-refractivity contribution in [3.63, 3.8) is 0 Å². The smallest absolute Gasteiger partial charge is 0.305 e. The van der Waals surface area contributed by atoms with Crippen molar-refractivity contribution in [3.05, 3.63) is 59.9 Å². The Bertz CT molecular complexity index is 842. The maximum Gasteiger partial charge on any atom is 0.305 e. The van der Waals surface area contributed by atoms with E-state index in [2.05, 4.69) is 20.8 Å². The lowest BCUT2D eigenvalue weighted by Gasteiger charge is -2.05. The molecule has 0 radical (unpaired) electrons. The summed E-state index contributed by atoms with van der Waals surface area (Å²) in [5, 5.41) is 0.855. The number of hydrogen-bond acceptors (Lipinski definition) is 5. The minimum Gasteiger partial charge on any atom is -0.451 e. The van der Waals surface area contributed by atoms with E-state index in [1.54, 1.807) is 13.0 Å². The summed E-state index contributed by atoms with van der Waals surface area (Å²) >= 11 is 0. The molecule has 22 heavy (non-hydrogen) atoms. The van der Waals surface area contributed by atoms with Gasteiger partial charge in [-0.15, -0.1) is 0 Å². The van der Waals surface area contributed by atoms with Crippen LogP contribution in [0.3, 0.4) is 0 Å². The highest BCUT2D eigenvalue weighted by Crippen LogP contribution is 2.24. The van der Waals surface area contributed by atoms with E-state index in [0.717, 1.165) is 5.39 Å². The van der Waals surface area contributed by atoms with Gasteiger partial charge in [0.25, 0.3) is 5.91 Å². The topological polar surface area (TPSA) is 97.1 Å². The number of hydrazine groups is 1. The van der Waals surface area contributed by atoms with Crippen LogP contribution < -0.4 is 10.9 Å². The molecule has 2 amide bonds. The van der Waals surface area contributed by atoms with Crippen molar-refractivity contribution in [3.8, 4) is 0 Å². The molecule has 7 nitrogen and oxygen atoms in total. The highest BCUT2D eigenvalue weighted by atomic mass is 16.3. The number of para-hydroxylation sites is 1. The van der Waals surface area contributed by atoms with E-state index in [9.17, 15) is 9.59 Å². The Morgan fingerprint density at radius 2 is 1.86 bits per heavy atom. The molecule has 3 rings (SSSR count). The summed E-state index contributed by atoms with van der Waals surface area (Å²) in [5.41, 5.74) is 5.99. The first-order chi connectivity index (χ1) is 10.7. The predicted octanol–water partition coefficient (Wildman–Crippen LogP) is 1.61. The Morgan fingerprint density at radius 1 is 1.09 bits per heavy atom. The fourth-order valence-electron chi connectivity index (χ4n) is 2.04. The van der Waals surface area contributed by atoms with Crippen molar-refractivity contribution in [2.45, 2.75) is 6.92 Å². The van der Waals surface area contributed by atoms with Gasteiger partial charge in [0.05, 0.1) is 6.20 Å². The van der Waals surface area contributed by atoms with E-state index in [-0.39, 0.29) is 11.5 Å². The molecule has 110 valence electrons. The summed E-state index contributed by atoms with van der Waals surface area (Å²) < 4.78 is 5.51. The second-order valence-corrected chi connectivity index (χ2v) is 4.55. The van der Waals surface area contributed by atoms with Crippen LogP contribution >= 0.6 is 0 Å². The molecule has 0 spiro atoms. The number of carbonyl (C=O) groups is 2. The lowest BCUT2D eigenvalue weighted by atomic mass is 10.1. The van der Waals surface area contributed by atoms with E-state index in [1.165, 1.54) is 18.6 Å². The Balaban J connectivity index is 1.74. The van der Waals surface area contributed by atoms with E-state index in [1.807, 2.05) is 18.2 Å². The van der Waals surface area contributed by atoms with Crippen molar-refractivity contribution in [1.82, 2.24) is 20.8 Å². The van der Waals surface area contributed by atoms with Crippen LogP contribution in [0.1, 0.15) is 26.6 Å². The monoisotopic (exact) mass is 296 g/mol. The Hall–Kier alpha value is -3.22. The van der Waals surface area contributed by atoms with E-state index in [0.29, 0.717) is 11.1 Å². The third-order valence-corrected chi connectivity index (χ3v) is 3.14. The molecule has 0 atom stereocenters. The first-order valence-corrected chi connectivity index (χ1v) is 6.51. The fourth-order valence-corrected chi connectivity index (χ4v) is 2.04. The lowest BCUT2D eigenvalue weighted by molar-refractivity contribution is 0.0829. The molecule has 7 heteroatoms. The average molecular weight is 296 g/mol. The molecular weight excluding hydrogens is 284 g/mol. The first-order valence-electron chi connectivity index (χ1n) is 6.51. The quantitative estimate of drug-likeness (QED) is 0.700. The number of furan rings is 1. The highest BCUT2D eigenvalue weighted by molar-refractivity contribution is 6.00. The second-order valence-electron chi connectivity index (χ2n) is 4.55. The summed E-state index contributed by atoms with van der Waals surface area (Å²) in [7, 11) is 0. The maximum atomic E-state index is 12.1. The molecular formula is C15H12N4O3. The van der Waals surface area contributed by atoms with Gasteiger partial charge < -0.3 is 4.42 Å². The minimum absolute atomic E-state index is 0.101. The van der Waals surface area contributed by atoms with Gasteiger partial charge in [-0.25, -0.2) is 4.98 Å². The molecule has 1 aromatic carbocycles. The number of aryl methyl sites for hydroxylation is 1. The summed E-state index contributed by atoms with van der Waals surface area (Å²) in [6.45, 7) is 1.78. The van der Waals surface area contributed by atoms with Gasteiger partial charge in [0.15, 0.2) is 5.76 Å². The summed E-state index contributed by atoms with van der Waals surface area (Å²) in [6.07, 6.45) is 4.14. The standard InChI is InChI=1S/C15H12N4O3/c1-9-10-4-2-3-5-12(10)22-13(9)15(21)19-18-14(20)11-8-16-6-7-17-11/h2-8H,1H3,(H,18,20)(H,19,21). The summed E-state index contributed by atoms with van der Waals surface area (Å²) in [4.78, 5) is 31.5. The predicted molar refractivity (Wildman–Crippen MR) is 77.9 cm³/mol. The van der Waals surface area contributed by atoms with E-state index < -0.39 is 11.8 Å². The molecule has 0 saturated heterocycles. The van der Waals surface area contributed by atoms with E-state index in [4.69, 9.17) is 4.42 Å². The normalized spacial score (nSPS) is 10.4. The number of carbonyl (C=O) groups excluding carboxylic acids is 2. The Labute approximate surface area is 125 Å². The van der Waals surface area contributed by atoms with Gasteiger partial charge in [-0.2, -0.15) is 0 Å². The van der Waals surface area contributed by atoms with Crippen LogP contribution in [0.4, 0.5) is 0 Å². The molecule has 0 unspecified atom stereocenters. The zero-order valence-electron chi connectivity index (χ0n) is 11.7. The number of fused-ring (bicyclic) bond motifs is 1. The number of benzene rings is 1. The third kappa shape index (κ3) is 2.51. The van der Waals surface area contributed by atoms with Crippen LogP contribution in [0.15, 0.2) is 47.3 Å². The molecule has 3 aromatic rings. The third-order valence-electron chi connectivity index (χ3n) is 3.14. The van der Waals surface area contributed by atoms with Gasteiger partial charge in [-0.1, -0.05) is 18.2 Å². The fraction of sp³-hybridized carbons (Fsp3) is 0.0667. The molecule has 0 aliphatic carbocycles. The molecule has 0 saturated carbocycles. The van der Waals surface area contributed by atoms with Crippen molar-refractivity contribution in [2.24, 2.45) is 0 Å². The Morgan fingerprint density at radius 3 is 2.59 bits per heavy atom. The van der Waals surface area contributed by atoms with Gasteiger partial charge >= 0.3 is 5.91 Å². The van der Waals surface area contributed by atoms with Crippen LogP contribution in [0.5, 0.6) is 0 Å². The molecule has 2 aromatic heterocycles. The Kier molecular flexibility index (Phi) is 3.53. The first kappa shape index (κ1) is 13.7. The van der Waals surface area contributed by atoms with Crippen LogP contribution in [0.25, 0.3) is 11.0 Å². The van der Waals surface area contributed by atoms with Crippen molar-refractivity contribution in [2.75, 3.05) is 0 Å². The molecule has 0 bridgehead atoms. The second kappa shape index (κ2) is 5.65. The van der Waals surface area contributed by atoms with Crippen LogP contribution in [-0.2, 0) is 0 Å². The molecule has 2 heterocycles. The maximum absolute atomic E-state index is 12.1. The van der Waals surface area contributed by atoms with E-state index >= 15 is 0 Å². The number of nitrogens with one attached hydrogen (secondary N) is 2. The van der Waals surface area contributed by atoms with Crippen LogP contribution in [0.2, 0.25) is 0 Å². The number of amides is 2. The SMILES string of the molecule is Cc1c(C(=O)NNC(=O)c2cnccn2)oc2ccccc12. The van der Waals surface area contributed by atoms with Gasteiger partial charge in [0, 0.05) is 23.3 Å². The number of nitrogens with zero attached hydrogens (tertiary/aromatic N) is 2. The van der Waals surface area contributed by atoms with Crippen molar-refractivity contribution >= 4 is 22.8 Å². The molecule has 2 N–H and O–H groups in total. The van der Waals surface area contributed by atoms with Crippen molar-refractivity contribution < 1.29 is 14.0 Å². The van der Waals surface area contributed by atoms with Crippen LogP contribution in [0, 0.1) is 6.92 Å². The van der Waals surface area contributed by atoms with Crippen LogP contribution in [-0.4, -0.2) is 21.8 Å². The van der Waals surface area contributed by atoms with Crippen molar-refractivity contribution in [1.29, 1.82) is 0 Å². The average Bonchev–Trinajstić information content (AvgIpc) is 2.90. The molecule has 0 fully saturated rings. The zero-order valence-corrected chi connectivity index (χ0v) is 11.7. The number of rotatable bonds is 2.